The molecule has 9 heteroatoms. The largest absolute Gasteiger partial charge is 0.427 e. The van der Waals surface area contributed by atoms with Gasteiger partial charge in [0, 0.05) is 30.4 Å². The number of hydrogen-bond acceptors (Lipinski definition) is 6. The lowest BCUT2D eigenvalue weighted by Crippen LogP contribution is -2.24. The molecule has 1 aliphatic carbocycles. The lowest BCUT2D eigenvalue weighted by atomic mass is 10.0. The van der Waals surface area contributed by atoms with Gasteiger partial charge in [-0.15, -0.1) is 0 Å². The third-order valence-corrected chi connectivity index (χ3v) is 4.27. The summed E-state index contributed by atoms with van der Waals surface area (Å²) in [6.45, 7) is 0.0779. The van der Waals surface area contributed by atoms with Gasteiger partial charge in [0.05, 0.1) is 12.1 Å². The summed E-state index contributed by atoms with van der Waals surface area (Å²) in [6.07, 6.45) is 3.06. The number of halogens is 1. The number of nitrogens with zero attached hydrogens (tertiary/aromatic N) is 4. The van der Waals surface area contributed by atoms with Crippen molar-refractivity contribution in [2.45, 2.75) is 25.8 Å². The van der Waals surface area contributed by atoms with E-state index in [0.29, 0.717) is 36.1 Å². The molecule has 0 bridgehead atoms. The first-order chi connectivity index (χ1) is 11.9. The molecule has 0 amide bonds. The van der Waals surface area contributed by atoms with Crippen LogP contribution >= 0.6 is 15.9 Å². The summed E-state index contributed by atoms with van der Waals surface area (Å²) in [5.74, 6) is -0.247. The lowest BCUT2D eigenvalue weighted by Gasteiger charge is -2.14. The summed E-state index contributed by atoms with van der Waals surface area (Å²) >= 11 is 3.35. The maximum Gasteiger partial charge on any atom is 0.363 e. The van der Waals surface area contributed by atoms with E-state index in [1.54, 1.807) is 18.2 Å². The quantitative estimate of drug-likeness (QED) is 0.715. The van der Waals surface area contributed by atoms with E-state index >= 15 is 0 Å². The number of carbonyl (C=O) groups is 2. The van der Waals surface area contributed by atoms with E-state index in [4.69, 9.17) is 4.74 Å². The van der Waals surface area contributed by atoms with Gasteiger partial charge in [0.25, 0.3) is 0 Å². The van der Waals surface area contributed by atoms with E-state index in [2.05, 4.69) is 26.4 Å². The molecule has 0 radical (unpaired) electrons. The molecule has 0 fully saturated rings. The molecular formula is C16H15BrN4O4. The third-order valence-electron chi connectivity index (χ3n) is 3.78. The van der Waals surface area contributed by atoms with Crippen LogP contribution in [0.2, 0.25) is 0 Å². The monoisotopic (exact) mass is 406 g/mol. The van der Waals surface area contributed by atoms with Crippen molar-refractivity contribution in [2.75, 3.05) is 0 Å². The Balaban J connectivity index is 1.88. The first-order valence-electron chi connectivity index (χ1n) is 7.65. The highest BCUT2D eigenvalue weighted by Crippen LogP contribution is 2.22. The van der Waals surface area contributed by atoms with Crippen molar-refractivity contribution >= 4 is 27.7 Å². The van der Waals surface area contributed by atoms with Crippen LogP contribution in [-0.2, 0) is 23.1 Å². The van der Waals surface area contributed by atoms with E-state index in [-0.39, 0.29) is 18.0 Å². The van der Waals surface area contributed by atoms with Crippen LogP contribution in [-0.4, -0.2) is 31.5 Å². The number of aryl methyl sites for hydroxylation is 1. The highest BCUT2D eigenvalue weighted by Gasteiger charge is 2.19. The summed E-state index contributed by atoms with van der Waals surface area (Å²) < 4.78 is 8.37. The van der Waals surface area contributed by atoms with Gasteiger partial charge < -0.3 is 4.74 Å². The van der Waals surface area contributed by atoms with Crippen molar-refractivity contribution in [3.63, 3.8) is 0 Å². The Labute approximate surface area is 151 Å². The molecule has 1 heterocycles. The van der Waals surface area contributed by atoms with Crippen molar-refractivity contribution < 1.29 is 14.3 Å². The second-order valence-electron chi connectivity index (χ2n) is 5.66. The molecule has 0 N–H and O–H groups in total. The third kappa shape index (κ3) is 3.93. The molecule has 8 nitrogen and oxygen atoms in total. The maximum absolute atomic E-state index is 12.5. The molecule has 25 heavy (non-hydrogen) atoms. The molecule has 1 aromatic heterocycles. The summed E-state index contributed by atoms with van der Waals surface area (Å²) in [7, 11) is 1.49. The van der Waals surface area contributed by atoms with Gasteiger partial charge in [-0.3, -0.25) is 4.79 Å². The highest BCUT2D eigenvalue weighted by atomic mass is 79.9. The predicted molar refractivity (Wildman–Crippen MR) is 90.9 cm³/mol. The van der Waals surface area contributed by atoms with Gasteiger partial charge in [0.1, 0.15) is 5.76 Å². The topological polar surface area (TPSA) is 96.1 Å². The number of aromatic nitrogens is 4. The number of rotatable bonds is 4. The molecule has 0 unspecified atom stereocenters. The van der Waals surface area contributed by atoms with Crippen LogP contribution in [0, 0.1) is 0 Å². The normalized spacial score (nSPS) is 14.3. The molecule has 0 spiro atoms. The van der Waals surface area contributed by atoms with Gasteiger partial charge >= 0.3 is 11.7 Å². The van der Waals surface area contributed by atoms with E-state index in [9.17, 15) is 14.4 Å². The first kappa shape index (κ1) is 17.3. The van der Waals surface area contributed by atoms with E-state index in [1.807, 2.05) is 0 Å². The minimum absolute atomic E-state index is 0.0452. The first-order valence-corrected chi connectivity index (χ1v) is 8.44. The molecule has 2 aromatic rings. The number of tetrazole rings is 1. The lowest BCUT2D eigenvalue weighted by molar-refractivity contribution is -0.115. The van der Waals surface area contributed by atoms with Gasteiger partial charge in [-0.25, -0.2) is 9.59 Å². The highest BCUT2D eigenvalue weighted by molar-refractivity contribution is 9.10. The molecule has 0 atom stereocenters. The van der Waals surface area contributed by atoms with Gasteiger partial charge in [-0.1, -0.05) is 15.9 Å². The summed E-state index contributed by atoms with van der Waals surface area (Å²) in [5.41, 5.74) is 0.476. The molecule has 130 valence electrons. The van der Waals surface area contributed by atoms with Crippen LogP contribution in [0.4, 0.5) is 0 Å². The second kappa shape index (κ2) is 7.14. The molecular weight excluding hydrogens is 392 g/mol. The van der Waals surface area contributed by atoms with Crippen LogP contribution in [0.5, 0.6) is 0 Å². The zero-order valence-corrected chi connectivity index (χ0v) is 15.0. The Bertz CT molecular complexity index is 928. The zero-order valence-electron chi connectivity index (χ0n) is 13.4. The zero-order chi connectivity index (χ0) is 18.0. The van der Waals surface area contributed by atoms with Gasteiger partial charge in [0.2, 0.25) is 0 Å². The number of esters is 1. The van der Waals surface area contributed by atoms with Crippen molar-refractivity contribution in [3.8, 4) is 0 Å². The minimum atomic E-state index is -0.569. The minimum Gasteiger partial charge on any atom is -0.427 e. The van der Waals surface area contributed by atoms with Crippen molar-refractivity contribution in [2.24, 2.45) is 7.05 Å². The predicted octanol–water partition coefficient (Wildman–Crippen LogP) is 1.58. The second-order valence-corrected chi connectivity index (χ2v) is 6.58. The Hall–Kier alpha value is -2.55. The number of ether oxygens (including phenoxy) is 1. The average Bonchev–Trinajstić information content (AvgIpc) is 2.87. The van der Waals surface area contributed by atoms with Crippen molar-refractivity contribution in [3.05, 3.63) is 56.1 Å². The van der Waals surface area contributed by atoms with Gasteiger partial charge in [-0.2, -0.15) is 9.36 Å². The Morgan fingerprint density at radius 2 is 2.08 bits per heavy atom. The number of ketones is 1. The van der Waals surface area contributed by atoms with Crippen LogP contribution in [0.25, 0.3) is 0 Å². The fourth-order valence-electron chi connectivity index (χ4n) is 2.52. The van der Waals surface area contributed by atoms with Gasteiger partial charge in [-0.05, 0) is 40.6 Å². The fraction of sp³-hybridized carbons (Fsp3) is 0.312. The Morgan fingerprint density at radius 3 is 2.76 bits per heavy atom. The van der Waals surface area contributed by atoms with Gasteiger partial charge in [0.15, 0.2) is 5.78 Å². The molecule has 1 aromatic carbocycles. The summed E-state index contributed by atoms with van der Waals surface area (Å²) in [4.78, 5) is 35.9. The van der Waals surface area contributed by atoms with E-state index in [1.165, 1.54) is 13.1 Å². The number of hydrogen-bond donors (Lipinski definition) is 0. The molecule has 0 saturated heterocycles. The van der Waals surface area contributed by atoms with Crippen LogP contribution in [0.15, 0.2) is 39.3 Å². The van der Waals surface area contributed by atoms with Crippen LogP contribution < -0.4 is 5.69 Å². The number of allylic oxidation sites excluding steroid dienone is 2. The van der Waals surface area contributed by atoms with Crippen LogP contribution in [0.1, 0.15) is 35.2 Å². The molecule has 0 saturated carbocycles. The average molecular weight is 407 g/mol. The van der Waals surface area contributed by atoms with E-state index < -0.39 is 5.97 Å². The molecule has 0 aliphatic heterocycles. The van der Waals surface area contributed by atoms with Crippen LogP contribution in [0.3, 0.4) is 0 Å². The fourth-order valence-corrected chi connectivity index (χ4v) is 2.93. The SMILES string of the molecule is Cn1nnn(Cc2cc(Br)ccc2C(=O)OC2=CC(=O)CCC2)c1=O. The van der Waals surface area contributed by atoms with E-state index in [0.717, 1.165) is 13.8 Å². The maximum atomic E-state index is 12.5. The van der Waals surface area contributed by atoms with Crippen molar-refractivity contribution in [1.29, 1.82) is 0 Å². The van der Waals surface area contributed by atoms with Crippen molar-refractivity contribution in [1.82, 2.24) is 19.8 Å². The Morgan fingerprint density at radius 1 is 1.28 bits per heavy atom. The smallest absolute Gasteiger partial charge is 0.363 e. The molecule has 1 aliphatic rings. The Kier molecular flexibility index (Phi) is 4.93. The molecule has 3 rings (SSSR count). The number of carbonyl (C=O) groups excluding carboxylic acids is 2. The number of benzene rings is 1. The summed E-state index contributed by atoms with van der Waals surface area (Å²) in [5, 5.41) is 7.41. The standard InChI is InChI=1S/C16H15BrN4O4/c1-20-16(24)21(19-18-20)9-10-7-11(17)5-6-14(10)15(23)25-13-4-2-3-12(22)8-13/h5-8H,2-4,9H2,1H3. The summed E-state index contributed by atoms with van der Waals surface area (Å²) in [6, 6.07) is 5.03.